The Morgan fingerprint density at radius 1 is 1.67 bits per heavy atom. The molecule has 1 aliphatic rings. The van der Waals surface area contributed by atoms with E-state index in [0.29, 0.717) is 12.5 Å². The highest BCUT2D eigenvalue weighted by Gasteiger charge is 2.32. The fraction of sp³-hybridized carbons (Fsp3) is 0.636. The largest absolute Gasteiger partial charge is 0.341 e. The van der Waals surface area contributed by atoms with Crippen LogP contribution in [0.3, 0.4) is 0 Å². The molecule has 1 aromatic rings. The van der Waals surface area contributed by atoms with Gasteiger partial charge >= 0.3 is 0 Å². The number of carbonyl (C=O) groups excluding carboxylic acids is 1. The van der Waals surface area contributed by atoms with Crippen molar-refractivity contribution < 1.29 is 4.79 Å². The van der Waals surface area contributed by atoms with Crippen molar-refractivity contribution in [2.24, 2.45) is 13.0 Å². The van der Waals surface area contributed by atoms with Gasteiger partial charge in [-0.15, -0.1) is 0 Å². The Hall–Kier alpha value is -1.32. The quantitative estimate of drug-likeness (QED) is 0.744. The van der Waals surface area contributed by atoms with Crippen LogP contribution in [0, 0.1) is 12.8 Å². The van der Waals surface area contributed by atoms with Crippen molar-refractivity contribution in [3.63, 3.8) is 0 Å². The molecule has 1 saturated carbocycles. The minimum atomic E-state index is 0.276. The monoisotopic (exact) mass is 207 g/mol. The van der Waals surface area contributed by atoms with Crippen molar-refractivity contribution in [1.29, 1.82) is 0 Å². The predicted molar refractivity (Wildman–Crippen MR) is 57.1 cm³/mol. The minimum absolute atomic E-state index is 0.276. The zero-order chi connectivity index (χ0) is 11.0. The van der Waals surface area contributed by atoms with Gasteiger partial charge in [-0.05, 0) is 19.8 Å². The highest BCUT2D eigenvalue weighted by atomic mass is 16.2. The Balaban J connectivity index is 2.01. The number of carbonyl (C=O) groups is 1. The Morgan fingerprint density at radius 3 is 2.80 bits per heavy atom. The van der Waals surface area contributed by atoms with Gasteiger partial charge in [0.1, 0.15) is 0 Å². The zero-order valence-corrected chi connectivity index (χ0v) is 9.53. The van der Waals surface area contributed by atoms with Crippen LogP contribution < -0.4 is 0 Å². The van der Waals surface area contributed by atoms with Gasteiger partial charge in [0, 0.05) is 38.3 Å². The van der Waals surface area contributed by atoms with Gasteiger partial charge in [-0.2, -0.15) is 5.10 Å². The molecule has 0 aliphatic heterocycles. The second-order valence-corrected chi connectivity index (χ2v) is 4.38. The molecule has 0 radical (unpaired) electrons. The molecule has 1 heterocycles. The van der Waals surface area contributed by atoms with E-state index in [4.69, 9.17) is 0 Å². The average Bonchev–Trinajstić information content (AvgIpc) is 2.94. The summed E-state index contributed by atoms with van der Waals surface area (Å²) >= 11 is 0. The lowest BCUT2D eigenvalue weighted by Gasteiger charge is -2.16. The Morgan fingerprint density at radius 2 is 2.33 bits per heavy atom. The molecular formula is C11H17N3O. The molecule has 0 N–H and O–H groups in total. The molecule has 0 aromatic carbocycles. The summed E-state index contributed by atoms with van der Waals surface area (Å²) in [6.45, 7) is 2.65. The molecule has 4 nitrogen and oxygen atoms in total. The summed E-state index contributed by atoms with van der Waals surface area (Å²) in [5.74, 6) is 0.574. The number of aryl methyl sites for hydroxylation is 2. The van der Waals surface area contributed by atoms with Gasteiger partial charge in [-0.3, -0.25) is 9.48 Å². The van der Waals surface area contributed by atoms with Gasteiger partial charge in [-0.25, -0.2) is 0 Å². The van der Waals surface area contributed by atoms with Gasteiger partial charge < -0.3 is 4.90 Å². The van der Waals surface area contributed by atoms with Gasteiger partial charge in [0.2, 0.25) is 5.91 Å². The lowest BCUT2D eigenvalue weighted by molar-refractivity contribution is -0.131. The first-order valence-electron chi connectivity index (χ1n) is 5.32. The summed E-state index contributed by atoms with van der Waals surface area (Å²) in [6, 6.07) is 0. The molecule has 0 atom stereocenters. The lowest BCUT2D eigenvalue weighted by atomic mass is 10.2. The molecule has 0 bridgehead atoms. The van der Waals surface area contributed by atoms with E-state index in [1.165, 1.54) is 0 Å². The lowest BCUT2D eigenvalue weighted by Crippen LogP contribution is -2.27. The Kier molecular flexibility index (Phi) is 2.50. The summed E-state index contributed by atoms with van der Waals surface area (Å²) in [7, 11) is 3.77. The van der Waals surface area contributed by atoms with Crippen LogP contribution in [0.2, 0.25) is 0 Å². The van der Waals surface area contributed by atoms with Crippen LogP contribution in [0.5, 0.6) is 0 Å². The van der Waals surface area contributed by atoms with E-state index < -0.39 is 0 Å². The van der Waals surface area contributed by atoms with Crippen LogP contribution in [-0.4, -0.2) is 27.6 Å². The van der Waals surface area contributed by atoms with Gasteiger partial charge in [-0.1, -0.05) is 0 Å². The fourth-order valence-electron chi connectivity index (χ4n) is 1.78. The second-order valence-electron chi connectivity index (χ2n) is 4.38. The first-order valence-corrected chi connectivity index (χ1v) is 5.32. The number of hydrogen-bond acceptors (Lipinski definition) is 2. The van der Waals surface area contributed by atoms with E-state index in [1.54, 1.807) is 4.68 Å². The normalized spacial score (nSPS) is 15.4. The van der Waals surface area contributed by atoms with E-state index >= 15 is 0 Å². The van der Waals surface area contributed by atoms with E-state index in [9.17, 15) is 4.79 Å². The van der Waals surface area contributed by atoms with Gasteiger partial charge in [0.05, 0.1) is 5.69 Å². The summed E-state index contributed by atoms with van der Waals surface area (Å²) in [5.41, 5.74) is 2.14. The summed E-state index contributed by atoms with van der Waals surface area (Å²) in [5, 5.41) is 4.26. The van der Waals surface area contributed by atoms with E-state index in [2.05, 4.69) is 5.10 Å². The van der Waals surface area contributed by atoms with Crippen molar-refractivity contribution in [1.82, 2.24) is 14.7 Å². The van der Waals surface area contributed by atoms with Crippen LogP contribution in [0.4, 0.5) is 0 Å². The average molecular weight is 207 g/mol. The summed E-state index contributed by atoms with van der Waals surface area (Å²) in [6.07, 6.45) is 4.11. The van der Waals surface area contributed by atoms with Crippen molar-refractivity contribution in [2.75, 3.05) is 7.05 Å². The SMILES string of the molecule is Cc1nn(C)cc1CN(C)C(=O)C1CC1. The molecule has 0 saturated heterocycles. The maximum Gasteiger partial charge on any atom is 0.225 e. The number of nitrogens with zero attached hydrogens (tertiary/aromatic N) is 3. The van der Waals surface area contributed by atoms with E-state index in [0.717, 1.165) is 24.1 Å². The predicted octanol–water partition coefficient (Wildman–Crippen LogP) is 1.10. The maximum atomic E-state index is 11.7. The molecule has 82 valence electrons. The van der Waals surface area contributed by atoms with Gasteiger partial charge in [0.25, 0.3) is 0 Å². The molecule has 15 heavy (non-hydrogen) atoms. The number of amides is 1. The summed E-state index contributed by atoms with van der Waals surface area (Å²) < 4.78 is 1.79. The molecule has 2 rings (SSSR count). The van der Waals surface area contributed by atoms with Crippen LogP contribution in [-0.2, 0) is 18.4 Å². The molecule has 1 aromatic heterocycles. The highest BCUT2D eigenvalue weighted by molar-refractivity contribution is 5.80. The standard InChI is InChI=1S/C11H17N3O/c1-8-10(7-14(3)12-8)6-13(2)11(15)9-4-5-9/h7,9H,4-6H2,1-3H3. The number of rotatable bonds is 3. The molecular weight excluding hydrogens is 190 g/mol. The minimum Gasteiger partial charge on any atom is -0.341 e. The second kappa shape index (κ2) is 3.68. The highest BCUT2D eigenvalue weighted by Crippen LogP contribution is 2.31. The maximum absolute atomic E-state index is 11.7. The molecule has 0 spiro atoms. The van der Waals surface area contributed by atoms with E-state index in [1.807, 2.05) is 32.1 Å². The molecule has 1 amide bonds. The van der Waals surface area contributed by atoms with Gasteiger partial charge in [0.15, 0.2) is 0 Å². The van der Waals surface area contributed by atoms with Crippen molar-refractivity contribution in [2.45, 2.75) is 26.3 Å². The summed E-state index contributed by atoms with van der Waals surface area (Å²) in [4.78, 5) is 13.5. The van der Waals surface area contributed by atoms with Crippen molar-refractivity contribution in [3.8, 4) is 0 Å². The Labute approximate surface area is 89.9 Å². The number of aromatic nitrogens is 2. The Bertz CT molecular complexity index is 379. The fourth-order valence-corrected chi connectivity index (χ4v) is 1.78. The first-order chi connectivity index (χ1) is 7.08. The third-order valence-corrected chi connectivity index (χ3v) is 2.83. The number of hydrogen-bond donors (Lipinski definition) is 0. The van der Waals surface area contributed by atoms with Crippen LogP contribution in [0.1, 0.15) is 24.1 Å². The van der Waals surface area contributed by atoms with E-state index in [-0.39, 0.29) is 5.91 Å². The third kappa shape index (κ3) is 2.19. The molecule has 0 unspecified atom stereocenters. The topological polar surface area (TPSA) is 38.1 Å². The zero-order valence-electron chi connectivity index (χ0n) is 9.53. The first kappa shape index (κ1) is 10.2. The molecule has 1 aliphatic carbocycles. The van der Waals surface area contributed by atoms with Crippen molar-refractivity contribution >= 4 is 5.91 Å². The molecule has 4 heteroatoms. The van der Waals surface area contributed by atoms with Crippen molar-refractivity contribution in [3.05, 3.63) is 17.5 Å². The van der Waals surface area contributed by atoms with Crippen LogP contribution in [0.25, 0.3) is 0 Å². The van der Waals surface area contributed by atoms with Crippen LogP contribution >= 0.6 is 0 Å². The van der Waals surface area contributed by atoms with Crippen LogP contribution in [0.15, 0.2) is 6.20 Å². The smallest absolute Gasteiger partial charge is 0.225 e. The third-order valence-electron chi connectivity index (χ3n) is 2.83. The molecule has 1 fully saturated rings.